The van der Waals surface area contributed by atoms with Crippen molar-refractivity contribution in [2.24, 2.45) is 0 Å². The van der Waals surface area contributed by atoms with Crippen molar-refractivity contribution in [3.63, 3.8) is 0 Å². The van der Waals surface area contributed by atoms with E-state index >= 15 is 0 Å². The molecule has 0 aliphatic heterocycles. The van der Waals surface area contributed by atoms with Crippen molar-refractivity contribution in [2.75, 3.05) is 38.0 Å². The van der Waals surface area contributed by atoms with Gasteiger partial charge in [-0.2, -0.15) is 4.98 Å². The fourth-order valence-electron chi connectivity index (χ4n) is 1.85. The Balaban J connectivity index is 2.05. The Morgan fingerprint density at radius 3 is 2.86 bits per heavy atom. The molecule has 0 amide bonds. The molecule has 0 saturated carbocycles. The lowest BCUT2D eigenvalue weighted by molar-refractivity contribution is 0.198. The van der Waals surface area contributed by atoms with Crippen LogP contribution in [0.25, 0.3) is 0 Å². The molecule has 2 aromatic rings. The van der Waals surface area contributed by atoms with E-state index < -0.39 is 0 Å². The molecule has 0 spiro atoms. The second-order valence-electron chi connectivity index (χ2n) is 4.51. The van der Waals surface area contributed by atoms with Crippen LogP contribution in [0.2, 0.25) is 5.02 Å². The van der Waals surface area contributed by atoms with Crippen LogP contribution in [-0.2, 0) is 4.74 Å². The van der Waals surface area contributed by atoms with Gasteiger partial charge in [0.05, 0.1) is 12.8 Å². The standard InChI is InChI=1S/C15H19ClN4O2/c1-21-9-3-7-17-14-6-8-18-15(20-14)19-12-10-11(16)4-5-13(12)22-2/h4-6,8,10H,3,7,9H2,1-2H3,(H2,17,18,19,20). The summed E-state index contributed by atoms with van der Waals surface area (Å²) in [6.07, 6.45) is 2.59. The molecule has 1 aromatic carbocycles. The number of hydrogen-bond donors (Lipinski definition) is 2. The Labute approximate surface area is 134 Å². The zero-order chi connectivity index (χ0) is 15.8. The molecule has 0 fully saturated rings. The number of rotatable bonds is 8. The van der Waals surface area contributed by atoms with Crippen LogP contribution in [0.1, 0.15) is 6.42 Å². The van der Waals surface area contributed by atoms with Gasteiger partial charge in [-0.05, 0) is 30.7 Å². The Bertz CT molecular complexity index is 610. The third kappa shape index (κ3) is 4.75. The fraction of sp³-hybridized carbons (Fsp3) is 0.333. The molecule has 1 heterocycles. The average molecular weight is 323 g/mol. The van der Waals surface area contributed by atoms with Gasteiger partial charge in [0.1, 0.15) is 11.6 Å². The number of halogens is 1. The van der Waals surface area contributed by atoms with Crippen molar-refractivity contribution < 1.29 is 9.47 Å². The highest BCUT2D eigenvalue weighted by Gasteiger charge is 2.06. The second kappa shape index (κ2) is 8.41. The first-order valence-corrected chi connectivity index (χ1v) is 7.27. The van der Waals surface area contributed by atoms with E-state index in [0.717, 1.165) is 18.8 Å². The number of ether oxygens (including phenoxy) is 2. The molecule has 0 bridgehead atoms. The normalized spacial score (nSPS) is 10.3. The maximum atomic E-state index is 6.01. The Kier molecular flexibility index (Phi) is 6.24. The number of nitrogens with one attached hydrogen (secondary N) is 2. The lowest BCUT2D eigenvalue weighted by atomic mass is 10.3. The predicted molar refractivity (Wildman–Crippen MR) is 88.3 cm³/mol. The largest absolute Gasteiger partial charge is 0.495 e. The van der Waals surface area contributed by atoms with Crippen LogP contribution in [0.4, 0.5) is 17.5 Å². The van der Waals surface area contributed by atoms with E-state index in [2.05, 4.69) is 20.6 Å². The number of methoxy groups -OCH3 is 2. The highest BCUT2D eigenvalue weighted by Crippen LogP contribution is 2.29. The molecule has 6 nitrogen and oxygen atoms in total. The molecule has 118 valence electrons. The number of nitrogens with zero attached hydrogens (tertiary/aromatic N) is 2. The van der Waals surface area contributed by atoms with Gasteiger partial charge in [0, 0.05) is 31.5 Å². The Hall–Kier alpha value is -2.05. The van der Waals surface area contributed by atoms with Crippen LogP contribution < -0.4 is 15.4 Å². The van der Waals surface area contributed by atoms with Gasteiger partial charge in [-0.1, -0.05) is 11.6 Å². The third-order valence-corrected chi connectivity index (χ3v) is 3.13. The average Bonchev–Trinajstić information content (AvgIpc) is 2.52. The summed E-state index contributed by atoms with van der Waals surface area (Å²) >= 11 is 6.01. The lowest BCUT2D eigenvalue weighted by Gasteiger charge is -2.11. The first kappa shape index (κ1) is 16.3. The summed E-state index contributed by atoms with van der Waals surface area (Å²) in [4.78, 5) is 8.60. The van der Waals surface area contributed by atoms with E-state index in [1.165, 1.54) is 0 Å². The topological polar surface area (TPSA) is 68.3 Å². The molecule has 2 rings (SSSR count). The van der Waals surface area contributed by atoms with E-state index in [0.29, 0.717) is 29.0 Å². The van der Waals surface area contributed by atoms with Gasteiger partial charge in [-0.3, -0.25) is 0 Å². The summed E-state index contributed by atoms with van der Waals surface area (Å²) in [5.74, 6) is 1.89. The quantitative estimate of drug-likeness (QED) is 0.727. The predicted octanol–water partition coefficient (Wildman–Crippen LogP) is 3.33. The summed E-state index contributed by atoms with van der Waals surface area (Å²) in [7, 11) is 3.29. The smallest absolute Gasteiger partial charge is 0.229 e. The fourth-order valence-corrected chi connectivity index (χ4v) is 2.02. The van der Waals surface area contributed by atoms with Gasteiger partial charge in [0.25, 0.3) is 0 Å². The monoisotopic (exact) mass is 322 g/mol. The molecule has 0 saturated heterocycles. The van der Waals surface area contributed by atoms with E-state index in [1.807, 2.05) is 6.07 Å². The third-order valence-electron chi connectivity index (χ3n) is 2.89. The van der Waals surface area contributed by atoms with Crippen LogP contribution in [-0.4, -0.2) is 37.3 Å². The first-order valence-electron chi connectivity index (χ1n) is 6.89. The summed E-state index contributed by atoms with van der Waals surface area (Å²) < 4.78 is 10.3. The van der Waals surface area contributed by atoms with E-state index in [9.17, 15) is 0 Å². The van der Waals surface area contributed by atoms with Gasteiger partial charge in [-0.25, -0.2) is 4.98 Å². The minimum Gasteiger partial charge on any atom is -0.495 e. The molecule has 2 N–H and O–H groups in total. The number of anilines is 3. The molecule has 0 aliphatic rings. The van der Waals surface area contributed by atoms with Crippen LogP contribution in [0.3, 0.4) is 0 Å². The zero-order valence-corrected chi connectivity index (χ0v) is 13.4. The molecule has 0 aliphatic carbocycles. The van der Waals surface area contributed by atoms with Crippen molar-refractivity contribution in [1.82, 2.24) is 9.97 Å². The maximum Gasteiger partial charge on any atom is 0.229 e. The first-order chi connectivity index (χ1) is 10.7. The molecule has 0 atom stereocenters. The lowest BCUT2D eigenvalue weighted by Crippen LogP contribution is -2.07. The molecule has 1 aromatic heterocycles. The minimum absolute atomic E-state index is 0.470. The minimum atomic E-state index is 0.470. The molecule has 0 radical (unpaired) electrons. The molecular formula is C15H19ClN4O2. The second-order valence-corrected chi connectivity index (χ2v) is 4.94. The highest BCUT2D eigenvalue weighted by molar-refractivity contribution is 6.30. The van der Waals surface area contributed by atoms with Crippen molar-refractivity contribution in [3.05, 3.63) is 35.5 Å². The zero-order valence-electron chi connectivity index (χ0n) is 12.6. The summed E-state index contributed by atoms with van der Waals surface area (Å²) in [5.41, 5.74) is 0.714. The highest BCUT2D eigenvalue weighted by atomic mass is 35.5. The summed E-state index contributed by atoms with van der Waals surface area (Å²) in [5, 5.41) is 6.94. The van der Waals surface area contributed by atoms with Crippen molar-refractivity contribution >= 4 is 29.1 Å². The van der Waals surface area contributed by atoms with E-state index in [4.69, 9.17) is 21.1 Å². The SMILES string of the molecule is COCCCNc1ccnc(Nc2cc(Cl)ccc2OC)n1. The van der Waals surface area contributed by atoms with Crippen molar-refractivity contribution in [2.45, 2.75) is 6.42 Å². The summed E-state index contributed by atoms with van der Waals surface area (Å²) in [6, 6.07) is 7.13. The number of benzene rings is 1. The van der Waals surface area contributed by atoms with Gasteiger partial charge < -0.3 is 20.1 Å². The van der Waals surface area contributed by atoms with Crippen LogP contribution >= 0.6 is 11.6 Å². The molecule has 22 heavy (non-hydrogen) atoms. The number of aromatic nitrogens is 2. The molecule has 7 heteroatoms. The van der Waals surface area contributed by atoms with Crippen LogP contribution in [0.5, 0.6) is 5.75 Å². The molecular weight excluding hydrogens is 304 g/mol. The van der Waals surface area contributed by atoms with Gasteiger partial charge >= 0.3 is 0 Å². The van der Waals surface area contributed by atoms with Gasteiger partial charge in [-0.15, -0.1) is 0 Å². The van der Waals surface area contributed by atoms with Gasteiger partial charge in [0.2, 0.25) is 5.95 Å². The number of hydrogen-bond acceptors (Lipinski definition) is 6. The molecule has 0 unspecified atom stereocenters. The van der Waals surface area contributed by atoms with E-state index in [1.54, 1.807) is 38.6 Å². The van der Waals surface area contributed by atoms with Crippen molar-refractivity contribution in [3.8, 4) is 5.75 Å². The van der Waals surface area contributed by atoms with Crippen molar-refractivity contribution in [1.29, 1.82) is 0 Å². The Morgan fingerprint density at radius 1 is 1.23 bits per heavy atom. The van der Waals surface area contributed by atoms with Crippen LogP contribution in [0.15, 0.2) is 30.5 Å². The summed E-state index contributed by atoms with van der Waals surface area (Å²) in [6.45, 7) is 1.49. The maximum absolute atomic E-state index is 6.01. The van der Waals surface area contributed by atoms with Crippen LogP contribution in [0, 0.1) is 0 Å². The van der Waals surface area contributed by atoms with Gasteiger partial charge in [0.15, 0.2) is 0 Å². The van der Waals surface area contributed by atoms with E-state index in [-0.39, 0.29) is 0 Å². The Morgan fingerprint density at radius 2 is 2.09 bits per heavy atom.